The largest absolute Gasteiger partial charge is 0.453 e. The van der Waals surface area contributed by atoms with Crippen molar-refractivity contribution >= 4 is 17.1 Å². The van der Waals surface area contributed by atoms with Gasteiger partial charge in [-0.05, 0) is 103 Å². The molecule has 0 radical (unpaired) electrons. The second-order valence-electron chi connectivity index (χ2n) is 13.7. The van der Waals surface area contributed by atoms with Gasteiger partial charge in [0.2, 0.25) is 0 Å². The highest BCUT2D eigenvalue weighted by Gasteiger charge is 2.51. The Balaban J connectivity index is 1.13. The minimum absolute atomic E-state index is 0.367. The Morgan fingerprint density at radius 2 is 0.765 bits per heavy atom. The van der Waals surface area contributed by atoms with E-state index < -0.39 is 0 Å². The quantitative estimate of drug-likeness (QED) is 0.189. The molecular weight excluding hydrogens is 619 g/mol. The van der Waals surface area contributed by atoms with Crippen LogP contribution in [0.15, 0.2) is 188 Å². The lowest BCUT2D eigenvalue weighted by Gasteiger charge is -2.34. The van der Waals surface area contributed by atoms with Crippen LogP contribution >= 0.6 is 0 Å². The first kappa shape index (κ1) is 28.2. The molecule has 11 rings (SSSR count). The molecule has 2 aliphatic carbocycles. The van der Waals surface area contributed by atoms with Crippen LogP contribution in [-0.2, 0) is 5.41 Å². The molecule has 0 unspecified atom stereocenters. The molecule has 0 atom stereocenters. The standard InChI is InChI=1S/C49H31NO/c1-3-13-32(14-4-1)34-23-27-45-47(29-34)51-48-30-35(33-15-5-2-6-16-33)24-28-46(48)50(45)36-25-26-44-40(31-36)39-19-9-12-22-43(39)49(44)41-20-10-7-17-37(41)38-18-8-11-21-42(38)49/h1-31H. The van der Waals surface area contributed by atoms with Gasteiger partial charge in [-0.3, -0.25) is 0 Å². The molecule has 238 valence electrons. The van der Waals surface area contributed by atoms with Crippen LogP contribution in [0.4, 0.5) is 17.1 Å². The Labute approximate surface area is 297 Å². The van der Waals surface area contributed by atoms with Crippen LogP contribution in [-0.4, -0.2) is 0 Å². The predicted molar refractivity (Wildman–Crippen MR) is 208 cm³/mol. The van der Waals surface area contributed by atoms with Crippen LogP contribution in [0.25, 0.3) is 44.5 Å². The molecule has 51 heavy (non-hydrogen) atoms. The number of ether oxygens (including phenoxy) is 1. The third kappa shape index (κ3) is 3.93. The van der Waals surface area contributed by atoms with E-state index in [9.17, 15) is 0 Å². The molecule has 0 saturated carbocycles. The zero-order chi connectivity index (χ0) is 33.5. The number of fused-ring (bicyclic) bond motifs is 12. The fraction of sp³-hybridized carbons (Fsp3) is 0.0204. The van der Waals surface area contributed by atoms with Crippen molar-refractivity contribution in [3.63, 3.8) is 0 Å². The summed E-state index contributed by atoms with van der Waals surface area (Å²) in [6.45, 7) is 0. The first-order valence-electron chi connectivity index (χ1n) is 17.6. The van der Waals surface area contributed by atoms with Gasteiger partial charge in [-0.15, -0.1) is 0 Å². The van der Waals surface area contributed by atoms with E-state index in [1.807, 2.05) is 0 Å². The summed E-state index contributed by atoms with van der Waals surface area (Å²) in [4.78, 5) is 2.38. The third-order valence-corrected chi connectivity index (χ3v) is 11.1. The van der Waals surface area contributed by atoms with E-state index >= 15 is 0 Å². The third-order valence-electron chi connectivity index (χ3n) is 11.1. The van der Waals surface area contributed by atoms with Crippen LogP contribution in [0.1, 0.15) is 22.3 Å². The number of benzene rings is 8. The first-order valence-corrected chi connectivity index (χ1v) is 17.6. The summed E-state index contributed by atoms with van der Waals surface area (Å²) in [5, 5.41) is 0. The van der Waals surface area contributed by atoms with Gasteiger partial charge in [0.15, 0.2) is 11.5 Å². The second-order valence-corrected chi connectivity index (χ2v) is 13.7. The average Bonchev–Trinajstić information content (AvgIpc) is 3.67. The van der Waals surface area contributed by atoms with E-state index in [4.69, 9.17) is 4.74 Å². The topological polar surface area (TPSA) is 12.5 Å². The lowest BCUT2D eigenvalue weighted by atomic mass is 9.70. The molecule has 8 aromatic carbocycles. The van der Waals surface area contributed by atoms with Crippen molar-refractivity contribution in [2.75, 3.05) is 4.90 Å². The van der Waals surface area contributed by atoms with E-state index in [2.05, 4.69) is 193 Å². The fourth-order valence-electron chi connectivity index (χ4n) is 8.93. The zero-order valence-electron chi connectivity index (χ0n) is 27.8. The average molecular weight is 650 g/mol. The predicted octanol–water partition coefficient (Wildman–Crippen LogP) is 12.9. The Hall–Kier alpha value is -6.64. The summed E-state index contributed by atoms with van der Waals surface area (Å²) in [5.74, 6) is 1.68. The van der Waals surface area contributed by atoms with Crippen LogP contribution in [0, 0.1) is 0 Å². The van der Waals surface area contributed by atoms with Crippen molar-refractivity contribution in [2.45, 2.75) is 5.41 Å². The molecule has 0 bridgehead atoms. The normalized spacial score (nSPS) is 13.8. The van der Waals surface area contributed by atoms with Crippen LogP contribution in [0.5, 0.6) is 11.5 Å². The molecule has 8 aromatic rings. The van der Waals surface area contributed by atoms with Crippen molar-refractivity contribution < 1.29 is 4.74 Å². The highest BCUT2D eigenvalue weighted by Crippen LogP contribution is 2.63. The van der Waals surface area contributed by atoms with Crippen molar-refractivity contribution in [1.29, 1.82) is 0 Å². The van der Waals surface area contributed by atoms with Crippen molar-refractivity contribution in [1.82, 2.24) is 0 Å². The van der Waals surface area contributed by atoms with E-state index in [1.165, 1.54) is 44.5 Å². The van der Waals surface area contributed by atoms with Crippen molar-refractivity contribution in [3.05, 3.63) is 210 Å². The first-order chi connectivity index (χ1) is 25.3. The van der Waals surface area contributed by atoms with Gasteiger partial charge in [0.1, 0.15) is 0 Å². The minimum Gasteiger partial charge on any atom is -0.453 e. The smallest absolute Gasteiger partial charge is 0.152 e. The number of rotatable bonds is 3. The van der Waals surface area contributed by atoms with Gasteiger partial charge in [-0.25, -0.2) is 0 Å². The van der Waals surface area contributed by atoms with Crippen LogP contribution < -0.4 is 9.64 Å². The molecule has 0 saturated heterocycles. The Morgan fingerprint density at radius 1 is 0.333 bits per heavy atom. The summed E-state index contributed by atoms with van der Waals surface area (Å²) in [6, 6.07) is 68.3. The van der Waals surface area contributed by atoms with Crippen LogP contribution in [0.3, 0.4) is 0 Å². The number of hydrogen-bond acceptors (Lipinski definition) is 2. The molecule has 3 aliphatic rings. The van der Waals surface area contributed by atoms with Gasteiger partial charge in [0.05, 0.1) is 16.8 Å². The molecule has 1 spiro atoms. The maximum atomic E-state index is 6.81. The van der Waals surface area contributed by atoms with E-state index in [1.54, 1.807) is 0 Å². The highest BCUT2D eigenvalue weighted by atomic mass is 16.5. The monoisotopic (exact) mass is 649 g/mol. The minimum atomic E-state index is -0.367. The second kappa shape index (κ2) is 10.7. The fourth-order valence-corrected chi connectivity index (χ4v) is 8.93. The SMILES string of the molecule is c1ccc(-c2ccc3c(c2)Oc2cc(-c4ccccc4)ccc2N3c2ccc3c(c2)-c2ccccc2C32c3ccccc3-c3ccccc32)cc1. The van der Waals surface area contributed by atoms with E-state index in [-0.39, 0.29) is 5.41 Å². The number of anilines is 3. The maximum absolute atomic E-state index is 6.81. The molecule has 1 aliphatic heterocycles. The molecule has 0 amide bonds. The lowest BCUT2D eigenvalue weighted by Crippen LogP contribution is -2.25. The van der Waals surface area contributed by atoms with Gasteiger partial charge in [0.25, 0.3) is 0 Å². The summed E-state index contributed by atoms with van der Waals surface area (Å²) in [6.07, 6.45) is 0. The molecule has 2 heteroatoms. The Bertz CT molecular complexity index is 2540. The summed E-state index contributed by atoms with van der Waals surface area (Å²) in [7, 11) is 0. The molecule has 2 nitrogen and oxygen atoms in total. The maximum Gasteiger partial charge on any atom is 0.152 e. The van der Waals surface area contributed by atoms with Crippen molar-refractivity contribution in [2.24, 2.45) is 0 Å². The summed E-state index contributed by atoms with van der Waals surface area (Å²) >= 11 is 0. The molecule has 0 fully saturated rings. The van der Waals surface area contributed by atoms with Gasteiger partial charge < -0.3 is 9.64 Å². The van der Waals surface area contributed by atoms with Crippen molar-refractivity contribution in [3.8, 4) is 56.0 Å². The van der Waals surface area contributed by atoms with Gasteiger partial charge in [0, 0.05) is 5.69 Å². The van der Waals surface area contributed by atoms with Gasteiger partial charge in [-0.1, -0.05) is 152 Å². The number of nitrogens with zero attached hydrogens (tertiary/aromatic N) is 1. The number of hydrogen-bond donors (Lipinski definition) is 0. The molecule has 0 aromatic heterocycles. The highest BCUT2D eigenvalue weighted by molar-refractivity contribution is 5.97. The zero-order valence-corrected chi connectivity index (χ0v) is 27.8. The van der Waals surface area contributed by atoms with Gasteiger partial charge >= 0.3 is 0 Å². The van der Waals surface area contributed by atoms with Crippen LogP contribution in [0.2, 0.25) is 0 Å². The Morgan fingerprint density at radius 3 is 1.27 bits per heavy atom. The van der Waals surface area contributed by atoms with E-state index in [0.717, 1.165) is 50.8 Å². The molecule has 0 N–H and O–H groups in total. The molecular formula is C49H31NO. The molecule has 1 heterocycles. The van der Waals surface area contributed by atoms with E-state index in [0.29, 0.717) is 0 Å². The summed E-state index contributed by atoms with van der Waals surface area (Å²) < 4.78 is 6.81. The summed E-state index contributed by atoms with van der Waals surface area (Å²) in [5.41, 5.74) is 17.9. The Kier molecular flexibility index (Phi) is 5.91. The lowest BCUT2D eigenvalue weighted by molar-refractivity contribution is 0.477. The van der Waals surface area contributed by atoms with Gasteiger partial charge in [-0.2, -0.15) is 0 Å².